The minimum Gasteiger partial charge on any atom is -0.368 e. The Kier molecular flexibility index (Phi) is 5.50. The van der Waals surface area contributed by atoms with E-state index in [1.54, 1.807) is 24.4 Å². The molecule has 13 heteroatoms. The van der Waals surface area contributed by atoms with Gasteiger partial charge in [0.25, 0.3) is 10.0 Å². The van der Waals surface area contributed by atoms with Gasteiger partial charge >= 0.3 is 6.18 Å². The minimum absolute atomic E-state index is 0.0600. The van der Waals surface area contributed by atoms with Crippen molar-refractivity contribution in [2.45, 2.75) is 30.0 Å². The SMILES string of the molecule is Nc1nc(NC2CCN(S(=O)(=O)c3ccc(C(F)(F)F)cc3)c3ccccc3C2)c2cn[nH]c2n1. The maximum Gasteiger partial charge on any atom is 0.416 e. The van der Waals surface area contributed by atoms with Crippen LogP contribution < -0.4 is 15.4 Å². The molecule has 0 amide bonds. The number of hydrogen-bond donors (Lipinski definition) is 3. The molecule has 5 rings (SSSR count). The van der Waals surface area contributed by atoms with Crippen LogP contribution in [0.2, 0.25) is 0 Å². The third-order valence-electron chi connectivity index (χ3n) is 5.84. The number of fused-ring (bicyclic) bond motifs is 2. The largest absolute Gasteiger partial charge is 0.416 e. The number of nitrogens with two attached hydrogens (primary N) is 1. The molecule has 1 aliphatic rings. The summed E-state index contributed by atoms with van der Waals surface area (Å²) in [5, 5.41) is 10.7. The third-order valence-corrected chi connectivity index (χ3v) is 7.67. The Balaban J connectivity index is 1.47. The first-order valence-corrected chi connectivity index (χ1v) is 12.1. The summed E-state index contributed by atoms with van der Waals surface area (Å²) in [6, 6.07) is 10.4. The number of nitrogen functional groups attached to an aromatic ring is 1. The van der Waals surface area contributed by atoms with E-state index in [9.17, 15) is 21.6 Å². The second kappa shape index (κ2) is 8.41. The van der Waals surface area contributed by atoms with Gasteiger partial charge in [-0.15, -0.1) is 0 Å². The molecule has 2 aromatic heterocycles. The number of nitrogens with one attached hydrogen (secondary N) is 2. The molecule has 0 spiro atoms. The number of halogens is 3. The Bertz CT molecular complexity index is 1490. The molecular formula is C22H20F3N7O2S. The summed E-state index contributed by atoms with van der Waals surface area (Å²) in [6.45, 7) is 0.104. The van der Waals surface area contributed by atoms with E-state index in [4.69, 9.17) is 5.73 Å². The number of nitrogens with zero attached hydrogens (tertiary/aromatic N) is 4. The molecule has 9 nitrogen and oxygen atoms in total. The number of anilines is 3. The summed E-state index contributed by atoms with van der Waals surface area (Å²) in [4.78, 5) is 8.15. The average Bonchev–Trinajstić information content (AvgIpc) is 3.19. The van der Waals surface area contributed by atoms with E-state index in [2.05, 4.69) is 25.5 Å². The summed E-state index contributed by atoms with van der Waals surface area (Å²) >= 11 is 0. The number of aromatic nitrogens is 4. The number of rotatable bonds is 4. The molecule has 0 fully saturated rings. The highest BCUT2D eigenvalue weighted by Crippen LogP contribution is 2.34. The smallest absolute Gasteiger partial charge is 0.368 e. The van der Waals surface area contributed by atoms with Crippen LogP contribution in [0.15, 0.2) is 59.6 Å². The Morgan fingerprint density at radius 2 is 1.83 bits per heavy atom. The first kappa shape index (κ1) is 22.9. The van der Waals surface area contributed by atoms with E-state index >= 15 is 0 Å². The van der Waals surface area contributed by atoms with Gasteiger partial charge in [-0.05, 0) is 48.7 Å². The second-order valence-electron chi connectivity index (χ2n) is 8.12. The van der Waals surface area contributed by atoms with Crippen molar-refractivity contribution < 1.29 is 21.6 Å². The van der Waals surface area contributed by atoms with Crippen LogP contribution in [0.1, 0.15) is 17.5 Å². The topological polar surface area (TPSA) is 130 Å². The predicted molar refractivity (Wildman–Crippen MR) is 124 cm³/mol. The van der Waals surface area contributed by atoms with Crippen molar-refractivity contribution in [3.8, 4) is 0 Å². The van der Waals surface area contributed by atoms with Crippen molar-refractivity contribution in [3.63, 3.8) is 0 Å². The van der Waals surface area contributed by atoms with Gasteiger partial charge in [0.2, 0.25) is 5.95 Å². The number of H-pyrrole nitrogens is 1. The molecule has 3 heterocycles. The van der Waals surface area contributed by atoms with Gasteiger partial charge < -0.3 is 11.1 Å². The van der Waals surface area contributed by atoms with Gasteiger partial charge in [-0.25, -0.2) is 8.42 Å². The zero-order chi connectivity index (χ0) is 24.8. The molecule has 0 saturated heterocycles. The van der Waals surface area contributed by atoms with Crippen molar-refractivity contribution >= 4 is 38.5 Å². The number of para-hydroxylation sites is 1. The summed E-state index contributed by atoms with van der Waals surface area (Å²) in [5.74, 6) is 0.535. The molecule has 0 radical (unpaired) electrons. The zero-order valence-corrected chi connectivity index (χ0v) is 18.9. The zero-order valence-electron chi connectivity index (χ0n) is 18.1. The molecule has 0 aliphatic carbocycles. The molecular weight excluding hydrogens is 483 g/mol. The summed E-state index contributed by atoms with van der Waals surface area (Å²) in [5.41, 5.74) is 6.62. The fourth-order valence-electron chi connectivity index (χ4n) is 4.16. The van der Waals surface area contributed by atoms with Crippen LogP contribution >= 0.6 is 0 Å². The lowest BCUT2D eigenvalue weighted by Crippen LogP contribution is -2.33. The van der Waals surface area contributed by atoms with Crippen LogP contribution in [0.5, 0.6) is 0 Å². The molecule has 1 aliphatic heterocycles. The van der Waals surface area contributed by atoms with Crippen LogP contribution in [0.4, 0.5) is 30.6 Å². The standard InChI is InChI=1S/C22H20F3N7O2S/c23-22(24,25)14-5-7-16(8-6-14)35(33,34)32-10-9-15(11-13-3-1-2-4-18(13)32)28-19-17-12-27-31-20(17)30-21(26)29-19/h1-8,12,15H,9-11H2,(H4,26,27,28,29,30,31). The van der Waals surface area contributed by atoms with E-state index in [1.165, 1.54) is 4.31 Å². The minimum atomic E-state index is -4.55. The van der Waals surface area contributed by atoms with Gasteiger partial charge in [0.05, 0.1) is 27.7 Å². The van der Waals surface area contributed by atoms with Gasteiger partial charge in [-0.2, -0.15) is 28.2 Å². The number of aromatic amines is 1. The Morgan fingerprint density at radius 1 is 1.09 bits per heavy atom. The van der Waals surface area contributed by atoms with E-state index in [0.29, 0.717) is 35.4 Å². The quantitative estimate of drug-likeness (QED) is 0.388. The first-order valence-electron chi connectivity index (χ1n) is 10.6. The number of benzene rings is 2. The monoisotopic (exact) mass is 503 g/mol. The van der Waals surface area contributed by atoms with Crippen molar-refractivity contribution in [2.75, 3.05) is 21.9 Å². The van der Waals surface area contributed by atoms with Gasteiger partial charge in [-0.1, -0.05) is 18.2 Å². The third kappa shape index (κ3) is 4.34. The molecule has 2 aromatic carbocycles. The van der Waals surface area contributed by atoms with Gasteiger partial charge in [0, 0.05) is 12.6 Å². The van der Waals surface area contributed by atoms with Gasteiger partial charge in [0.1, 0.15) is 5.82 Å². The number of hydrogen-bond acceptors (Lipinski definition) is 7. The van der Waals surface area contributed by atoms with E-state index in [-0.39, 0.29) is 23.4 Å². The molecule has 4 N–H and O–H groups in total. The predicted octanol–water partition coefficient (Wildman–Crippen LogP) is 3.58. The molecule has 35 heavy (non-hydrogen) atoms. The molecule has 4 aromatic rings. The molecule has 182 valence electrons. The summed E-state index contributed by atoms with van der Waals surface area (Å²) in [7, 11) is -4.11. The highest BCUT2D eigenvalue weighted by atomic mass is 32.2. The van der Waals surface area contributed by atoms with Gasteiger partial charge in [0.15, 0.2) is 5.65 Å². The van der Waals surface area contributed by atoms with Crippen LogP contribution in [0.3, 0.4) is 0 Å². The van der Waals surface area contributed by atoms with Gasteiger partial charge in [-0.3, -0.25) is 9.40 Å². The lowest BCUT2D eigenvalue weighted by molar-refractivity contribution is -0.137. The van der Waals surface area contributed by atoms with Crippen molar-refractivity contribution in [3.05, 3.63) is 65.9 Å². The molecule has 0 bridgehead atoms. The van der Waals surface area contributed by atoms with E-state index in [0.717, 1.165) is 29.8 Å². The first-order chi connectivity index (χ1) is 16.6. The number of alkyl halides is 3. The van der Waals surface area contributed by atoms with Crippen LogP contribution in [-0.2, 0) is 22.6 Å². The maximum atomic E-state index is 13.5. The summed E-state index contributed by atoms with van der Waals surface area (Å²) < 4.78 is 67.1. The van der Waals surface area contributed by atoms with Crippen molar-refractivity contribution in [2.24, 2.45) is 0 Å². The Hall–Kier alpha value is -3.87. The van der Waals surface area contributed by atoms with Crippen LogP contribution in [0.25, 0.3) is 11.0 Å². The fourth-order valence-corrected chi connectivity index (χ4v) is 5.68. The van der Waals surface area contributed by atoms with E-state index in [1.807, 2.05) is 6.07 Å². The lowest BCUT2D eigenvalue weighted by Gasteiger charge is -2.25. The van der Waals surface area contributed by atoms with Crippen LogP contribution in [-0.4, -0.2) is 41.2 Å². The van der Waals surface area contributed by atoms with Crippen LogP contribution in [0, 0.1) is 0 Å². The van der Waals surface area contributed by atoms with E-state index < -0.39 is 21.8 Å². The molecule has 1 atom stereocenters. The van der Waals surface area contributed by atoms with Crippen molar-refractivity contribution in [1.29, 1.82) is 0 Å². The second-order valence-corrected chi connectivity index (χ2v) is 9.99. The Morgan fingerprint density at radius 3 is 2.57 bits per heavy atom. The normalized spacial score (nSPS) is 16.7. The molecule has 0 saturated carbocycles. The summed E-state index contributed by atoms with van der Waals surface area (Å²) in [6.07, 6.45) is -2.10. The highest BCUT2D eigenvalue weighted by molar-refractivity contribution is 7.92. The lowest BCUT2D eigenvalue weighted by atomic mass is 10.0. The van der Waals surface area contributed by atoms with Crippen molar-refractivity contribution in [1.82, 2.24) is 20.2 Å². The maximum absolute atomic E-state index is 13.5. The molecule has 1 unspecified atom stereocenters. The number of sulfonamides is 1. The fraction of sp³-hybridized carbons (Fsp3) is 0.227. The average molecular weight is 504 g/mol. The highest BCUT2D eigenvalue weighted by Gasteiger charge is 2.33. The Labute approximate surface area is 198 Å².